The van der Waals surface area contributed by atoms with Crippen molar-refractivity contribution in [3.8, 4) is 0 Å². The molecule has 0 nitrogen and oxygen atoms in total. The third-order valence-electron chi connectivity index (χ3n) is 3.39. The van der Waals surface area contributed by atoms with Gasteiger partial charge in [0.15, 0.2) is 0 Å². The van der Waals surface area contributed by atoms with E-state index < -0.39 is 8.80 Å². The normalized spacial score (nSPS) is 17.7. The first kappa shape index (κ1) is 13.2. The number of rotatable bonds is 3. The first-order chi connectivity index (χ1) is 6.86. The molecule has 0 aromatic heterocycles. The molecule has 0 spiro atoms. The van der Waals surface area contributed by atoms with E-state index in [1.807, 2.05) is 0 Å². The number of hydrogen-bond acceptors (Lipinski definition) is 0. The van der Waals surface area contributed by atoms with E-state index in [-0.39, 0.29) is 29.6 Å². The Hall–Kier alpha value is 0.177. The van der Waals surface area contributed by atoms with Crippen LogP contribution in [0.25, 0.3) is 6.08 Å². The standard InChI is InChI=1S/C13H18Si.Na.H/c1-3-14(4-2)13-10-9-11-7-5-6-8-12(11)13;;/h5-10,13-14H,3-4H2,1-2H3;;. The Kier molecular flexibility index (Phi) is 5.34. The molecule has 0 heterocycles. The maximum atomic E-state index is 2.44. The summed E-state index contributed by atoms with van der Waals surface area (Å²) in [6, 6.07) is 11.7. The van der Waals surface area contributed by atoms with E-state index in [4.69, 9.17) is 0 Å². The Balaban J connectivity index is 0.00000112. The summed E-state index contributed by atoms with van der Waals surface area (Å²) in [7, 11) is -0.568. The van der Waals surface area contributed by atoms with Gasteiger partial charge in [-0.3, -0.25) is 0 Å². The summed E-state index contributed by atoms with van der Waals surface area (Å²) < 4.78 is 0. The third kappa shape index (κ3) is 2.65. The number of benzene rings is 1. The SMILES string of the molecule is CC[SiH](CC)C1C=Cc2ccccc21.[NaH]. The van der Waals surface area contributed by atoms with Crippen molar-refractivity contribution in [1.82, 2.24) is 0 Å². The summed E-state index contributed by atoms with van der Waals surface area (Å²) in [5.74, 6) is 0. The average molecular weight is 226 g/mol. The van der Waals surface area contributed by atoms with Crippen LogP contribution in [0.4, 0.5) is 0 Å². The molecule has 76 valence electrons. The number of hydrogen-bond donors (Lipinski definition) is 0. The topological polar surface area (TPSA) is 0 Å². The van der Waals surface area contributed by atoms with Crippen LogP contribution in [-0.4, -0.2) is 38.4 Å². The van der Waals surface area contributed by atoms with Crippen LogP contribution in [0.3, 0.4) is 0 Å². The van der Waals surface area contributed by atoms with Crippen LogP contribution in [0.2, 0.25) is 12.1 Å². The van der Waals surface area contributed by atoms with E-state index in [0.717, 1.165) is 5.54 Å². The molecule has 0 saturated carbocycles. The quantitative estimate of drug-likeness (QED) is 0.695. The van der Waals surface area contributed by atoms with Crippen molar-refractivity contribution < 1.29 is 0 Å². The second kappa shape index (κ2) is 6.05. The van der Waals surface area contributed by atoms with E-state index in [1.54, 1.807) is 5.56 Å². The van der Waals surface area contributed by atoms with Gasteiger partial charge in [-0.25, -0.2) is 0 Å². The van der Waals surface area contributed by atoms with Gasteiger partial charge in [-0.15, -0.1) is 0 Å². The molecule has 0 saturated heterocycles. The molecule has 15 heavy (non-hydrogen) atoms. The van der Waals surface area contributed by atoms with Gasteiger partial charge in [0.2, 0.25) is 0 Å². The monoisotopic (exact) mass is 226 g/mol. The molecular weight excluding hydrogens is 207 g/mol. The average Bonchev–Trinajstić information content (AvgIpc) is 2.65. The van der Waals surface area contributed by atoms with Crippen molar-refractivity contribution in [2.24, 2.45) is 0 Å². The first-order valence-corrected chi connectivity index (χ1v) is 7.94. The van der Waals surface area contributed by atoms with Crippen LogP contribution in [0, 0.1) is 0 Å². The van der Waals surface area contributed by atoms with Gasteiger partial charge >= 0.3 is 29.6 Å². The van der Waals surface area contributed by atoms with Gasteiger partial charge in [0, 0.05) is 8.80 Å². The zero-order valence-electron chi connectivity index (χ0n) is 9.03. The molecule has 1 aliphatic carbocycles. The van der Waals surface area contributed by atoms with Crippen molar-refractivity contribution in [3.05, 3.63) is 41.5 Å². The fourth-order valence-corrected chi connectivity index (χ4v) is 5.31. The molecule has 0 aliphatic heterocycles. The van der Waals surface area contributed by atoms with Crippen molar-refractivity contribution in [2.45, 2.75) is 31.5 Å². The Morgan fingerprint density at radius 1 is 1.13 bits per heavy atom. The maximum absolute atomic E-state index is 2.44. The molecule has 1 aromatic carbocycles. The molecule has 2 rings (SSSR count). The van der Waals surface area contributed by atoms with Gasteiger partial charge in [0.1, 0.15) is 0 Å². The van der Waals surface area contributed by atoms with Gasteiger partial charge in [0.05, 0.1) is 0 Å². The molecule has 0 radical (unpaired) electrons. The minimum atomic E-state index is -0.568. The molecule has 0 N–H and O–H groups in total. The second-order valence-electron chi connectivity index (χ2n) is 4.09. The van der Waals surface area contributed by atoms with Crippen LogP contribution in [0.15, 0.2) is 30.3 Å². The van der Waals surface area contributed by atoms with Crippen molar-refractivity contribution in [2.75, 3.05) is 0 Å². The van der Waals surface area contributed by atoms with Crippen molar-refractivity contribution in [1.29, 1.82) is 0 Å². The third-order valence-corrected chi connectivity index (χ3v) is 7.09. The van der Waals surface area contributed by atoms with Crippen LogP contribution in [-0.2, 0) is 0 Å². The molecule has 2 heteroatoms. The number of allylic oxidation sites excluding steroid dienone is 1. The van der Waals surface area contributed by atoms with Crippen molar-refractivity contribution >= 4 is 44.4 Å². The van der Waals surface area contributed by atoms with Gasteiger partial charge in [-0.1, -0.05) is 62.4 Å². The zero-order valence-corrected chi connectivity index (χ0v) is 10.2. The van der Waals surface area contributed by atoms with Crippen LogP contribution in [0.5, 0.6) is 0 Å². The Labute approximate surface area is 117 Å². The summed E-state index contributed by atoms with van der Waals surface area (Å²) >= 11 is 0. The van der Waals surface area contributed by atoms with Crippen LogP contribution >= 0.6 is 0 Å². The fraction of sp³-hybridized carbons (Fsp3) is 0.385. The van der Waals surface area contributed by atoms with Gasteiger partial charge in [-0.05, 0) is 16.7 Å². The molecule has 1 aromatic rings. The summed E-state index contributed by atoms with van der Waals surface area (Å²) in [6.45, 7) is 4.71. The molecular formula is C13H19NaSi. The fourth-order valence-electron chi connectivity index (χ4n) is 2.48. The molecule has 1 unspecified atom stereocenters. The Morgan fingerprint density at radius 2 is 1.80 bits per heavy atom. The van der Waals surface area contributed by atoms with E-state index in [9.17, 15) is 0 Å². The van der Waals surface area contributed by atoms with E-state index in [2.05, 4.69) is 50.3 Å². The van der Waals surface area contributed by atoms with Crippen LogP contribution in [0.1, 0.15) is 30.5 Å². The molecule has 0 amide bonds. The molecule has 0 bridgehead atoms. The summed E-state index contributed by atoms with van der Waals surface area (Å²) in [5.41, 5.74) is 3.85. The van der Waals surface area contributed by atoms with Gasteiger partial charge in [0.25, 0.3) is 0 Å². The van der Waals surface area contributed by atoms with E-state index >= 15 is 0 Å². The van der Waals surface area contributed by atoms with Crippen molar-refractivity contribution in [3.63, 3.8) is 0 Å². The second-order valence-corrected chi connectivity index (χ2v) is 7.96. The number of fused-ring (bicyclic) bond motifs is 1. The van der Waals surface area contributed by atoms with E-state index in [1.165, 1.54) is 17.7 Å². The Bertz CT molecular complexity index is 342. The summed E-state index contributed by atoms with van der Waals surface area (Å²) in [6.07, 6.45) is 4.75. The van der Waals surface area contributed by atoms with Gasteiger partial charge in [-0.2, -0.15) is 0 Å². The van der Waals surface area contributed by atoms with Crippen LogP contribution < -0.4 is 0 Å². The summed E-state index contributed by atoms with van der Waals surface area (Å²) in [5, 5.41) is 0. The van der Waals surface area contributed by atoms with Gasteiger partial charge < -0.3 is 0 Å². The molecule has 1 atom stereocenters. The zero-order chi connectivity index (χ0) is 9.97. The minimum absolute atomic E-state index is 0. The summed E-state index contributed by atoms with van der Waals surface area (Å²) in [4.78, 5) is 0. The molecule has 1 aliphatic rings. The predicted octanol–water partition coefficient (Wildman–Crippen LogP) is 2.95. The molecule has 0 fully saturated rings. The van der Waals surface area contributed by atoms with E-state index in [0.29, 0.717) is 0 Å². The Morgan fingerprint density at radius 3 is 2.47 bits per heavy atom. The first-order valence-electron chi connectivity index (χ1n) is 5.64. The predicted molar refractivity (Wildman–Crippen MR) is 73.5 cm³/mol.